The normalized spacial score (nSPS) is 23.2. The molecule has 0 spiro atoms. The smallest absolute Gasteiger partial charge is 0.306 e. The zero-order valence-corrected chi connectivity index (χ0v) is 10.6. The van der Waals surface area contributed by atoms with Crippen molar-refractivity contribution in [2.24, 2.45) is 5.92 Å². The lowest BCUT2D eigenvalue weighted by Gasteiger charge is -2.27. The van der Waals surface area contributed by atoms with Crippen LogP contribution >= 0.6 is 0 Å². The van der Waals surface area contributed by atoms with E-state index in [1.54, 1.807) is 6.07 Å². The van der Waals surface area contributed by atoms with Crippen LogP contribution in [0.2, 0.25) is 0 Å². The zero-order valence-electron chi connectivity index (χ0n) is 10.6. The Morgan fingerprint density at radius 1 is 1.32 bits per heavy atom. The topological polar surface area (TPSA) is 69.6 Å². The van der Waals surface area contributed by atoms with Crippen LogP contribution in [0.1, 0.15) is 31.2 Å². The first-order chi connectivity index (χ1) is 9.06. The Hall–Kier alpha value is -1.62. The quantitative estimate of drug-likeness (QED) is 0.782. The Morgan fingerprint density at radius 3 is 2.58 bits per heavy atom. The molecule has 1 saturated carbocycles. The summed E-state index contributed by atoms with van der Waals surface area (Å²) in [7, 11) is 0. The van der Waals surface area contributed by atoms with Crippen molar-refractivity contribution in [3.05, 3.63) is 29.6 Å². The molecule has 1 aromatic carbocycles. The Kier molecular flexibility index (Phi) is 4.37. The predicted molar refractivity (Wildman–Crippen MR) is 68.3 cm³/mol. The maximum absolute atomic E-state index is 13.1. The van der Waals surface area contributed by atoms with Crippen molar-refractivity contribution in [2.75, 3.05) is 0 Å². The van der Waals surface area contributed by atoms with E-state index in [4.69, 9.17) is 10.2 Å². The molecule has 5 heteroatoms. The second kappa shape index (κ2) is 6.02. The van der Waals surface area contributed by atoms with Crippen LogP contribution in [0.15, 0.2) is 18.2 Å². The number of carbonyl (C=O) groups is 1. The molecule has 0 aromatic heterocycles. The molecule has 1 aliphatic carbocycles. The van der Waals surface area contributed by atoms with Gasteiger partial charge in [0.1, 0.15) is 0 Å². The van der Waals surface area contributed by atoms with Crippen molar-refractivity contribution < 1.29 is 19.4 Å². The summed E-state index contributed by atoms with van der Waals surface area (Å²) < 4.78 is 13.1. The van der Waals surface area contributed by atoms with E-state index < -0.39 is 11.8 Å². The van der Waals surface area contributed by atoms with Crippen molar-refractivity contribution in [1.82, 2.24) is 5.32 Å². The summed E-state index contributed by atoms with van der Waals surface area (Å²) in [5.41, 5.74) is 0.774. The fourth-order valence-electron chi connectivity index (χ4n) is 2.47. The van der Waals surface area contributed by atoms with Gasteiger partial charge in [0.15, 0.2) is 11.6 Å². The number of aliphatic carboxylic acids is 1. The number of phenolic OH excluding ortho intramolecular Hbond substituents is 1. The van der Waals surface area contributed by atoms with E-state index in [1.807, 2.05) is 0 Å². The third-order valence-electron chi connectivity index (χ3n) is 3.68. The maximum atomic E-state index is 13.1. The predicted octanol–water partition coefficient (Wildman–Crippen LogP) is 2.26. The average molecular weight is 267 g/mol. The number of carboxylic acids is 1. The van der Waals surface area contributed by atoms with Crippen LogP contribution in [0, 0.1) is 11.7 Å². The molecule has 0 radical (unpaired) electrons. The molecule has 0 amide bonds. The molecule has 1 fully saturated rings. The van der Waals surface area contributed by atoms with Crippen LogP contribution in [0.4, 0.5) is 4.39 Å². The molecular formula is C14H18FNO3. The van der Waals surface area contributed by atoms with E-state index in [1.165, 1.54) is 12.1 Å². The molecule has 0 bridgehead atoms. The van der Waals surface area contributed by atoms with Crippen molar-refractivity contribution in [1.29, 1.82) is 0 Å². The lowest BCUT2D eigenvalue weighted by atomic mass is 9.86. The van der Waals surface area contributed by atoms with Gasteiger partial charge in [-0.1, -0.05) is 6.07 Å². The van der Waals surface area contributed by atoms with Gasteiger partial charge in [-0.25, -0.2) is 4.39 Å². The zero-order chi connectivity index (χ0) is 13.8. The number of phenols is 1. The minimum absolute atomic E-state index is 0.218. The Balaban J connectivity index is 1.80. The van der Waals surface area contributed by atoms with Crippen molar-refractivity contribution >= 4 is 5.97 Å². The monoisotopic (exact) mass is 267 g/mol. The Labute approximate surface area is 111 Å². The third-order valence-corrected chi connectivity index (χ3v) is 3.68. The number of hydrogen-bond acceptors (Lipinski definition) is 3. The van der Waals surface area contributed by atoms with E-state index in [2.05, 4.69) is 5.32 Å². The summed E-state index contributed by atoms with van der Waals surface area (Å²) >= 11 is 0. The second-order valence-electron chi connectivity index (χ2n) is 5.05. The highest BCUT2D eigenvalue weighted by molar-refractivity contribution is 5.70. The molecule has 4 nitrogen and oxygen atoms in total. The number of rotatable bonds is 4. The average Bonchev–Trinajstić information content (AvgIpc) is 2.40. The molecule has 104 valence electrons. The minimum Gasteiger partial charge on any atom is -0.505 e. The number of hydrogen-bond donors (Lipinski definition) is 3. The third kappa shape index (κ3) is 3.67. The minimum atomic E-state index is -0.709. The van der Waals surface area contributed by atoms with Gasteiger partial charge in [0, 0.05) is 12.6 Å². The summed E-state index contributed by atoms with van der Waals surface area (Å²) in [6, 6.07) is 4.61. The first-order valence-corrected chi connectivity index (χ1v) is 6.50. The molecule has 1 aliphatic rings. The van der Waals surface area contributed by atoms with Crippen LogP contribution in [0.5, 0.6) is 5.75 Å². The summed E-state index contributed by atoms with van der Waals surface area (Å²) in [5, 5.41) is 21.3. The summed E-state index contributed by atoms with van der Waals surface area (Å²) in [6.45, 7) is 0.527. The van der Waals surface area contributed by atoms with Gasteiger partial charge < -0.3 is 15.5 Å². The molecule has 2 rings (SSSR count). The number of carboxylic acid groups (broad SMARTS) is 1. The fraction of sp³-hybridized carbons (Fsp3) is 0.500. The highest BCUT2D eigenvalue weighted by Gasteiger charge is 2.25. The Morgan fingerprint density at radius 2 is 2.00 bits per heavy atom. The van der Waals surface area contributed by atoms with Gasteiger partial charge in [0.05, 0.1) is 5.92 Å². The maximum Gasteiger partial charge on any atom is 0.306 e. The number of benzene rings is 1. The lowest BCUT2D eigenvalue weighted by Crippen LogP contribution is -2.34. The van der Waals surface area contributed by atoms with E-state index >= 15 is 0 Å². The molecule has 19 heavy (non-hydrogen) atoms. The lowest BCUT2D eigenvalue weighted by molar-refractivity contribution is -0.142. The first-order valence-electron chi connectivity index (χ1n) is 6.50. The SMILES string of the molecule is O=C(O)C1CCC(NCc2ccc(O)c(F)c2)CC1. The van der Waals surface area contributed by atoms with Gasteiger partial charge >= 0.3 is 5.97 Å². The van der Waals surface area contributed by atoms with E-state index in [0.29, 0.717) is 19.4 Å². The molecule has 0 heterocycles. The van der Waals surface area contributed by atoms with Crippen molar-refractivity contribution in [3.63, 3.8) is 0 Å². The number of nitrogens with one attached hydrogen (secondary N) is 1. The van der Waals surface area contributed by atoms with E-state index in [-0.39, 0.29) is 17.7 Å². The van der Waals surface area contributed by atoms with Gasteiger partial charge in [-0.3, -0.25) is 4.79 Å². The van der Waals surface area contributed by atoms with E-state index in [0.717, 1.165) is 18.4 Å². The highest BCUT2D eigenvalue weighted by Crippen LogP contribution is 2.24. The Bertz CT molecular complexity index is 456. The van der Waals surface area contributed by atoms with Gasteiger partial charge in [0.25, 0.3) is 0 Å². The summed E-state index contributed by atoms with van der Waals surface area (Å²) in [5.74, 6) is -1.89. The molecule has 0 saturated heterocycles. The molecular weight excluding hydrogens is 249 g/mol. The largest absolute Gasteiger partial charge is 0.505 e. The number of halogens is 1. The summed E-state index contributed by atoms with van der Waals surface area (Å²) in [4.78, 5) is 10.8. The molecule has 3 N–H and O–H groups in total. The standard InChI is InChI=1S/C14H18FNO3/c15-12-7-9(1-6-13(12)17)8-16-11-4-2-10(3-5-11)14(18)19/h1,6-7,10-11,16-17H,2-5,8H2,(H,18,19). The second-order valence-corrected chi connectivity index (χ2v) is 5.05. The summed E-state index contributed by atoms with van der Waals surface area (Å²) in [6.07, 6.45) is 3.04. The molecule has 0 aliphatic heterocycles. The number of aromatic hydroxyl groups is 1. The van der Waals surface area contributed by atoms with Crippen LogP contribution < -0.4 is 5.32 Å². The van der Waals surface area contributed by atoms with Crippen LogP contribution in [0.25, 0.3) is 0 Å². The molecule has 0 unspecified atom stereocenters. The van der Waals surface area contributed by atoms with Crippen LogP contribution in [0.3, 0.4) is 0 Å². The van der Waals surface area contributed by atoms with Gasteiger partial charge in [-0.05, 0) is 43.4 Å². The van der Waals surface area contributed by atoms with Gasteiger partial charge in [-0.2, -0.15) is 0 Å². The van der Waals surface area contributed by atoms with Gasteiger partial charge in [-0.15, -0.1) is 0 Å². The van der Waals surface area contributed by atoms with Crippen LogP contribution in [-0.4, -0.2) is 22.2 Å². The molecule has 1 aromatic rings. The van der Waals surface area contributed by atoms with Crippen molar-refractivity contribution in [3.8, 4) is 5.75 Å². The van der Waals surface area contributed by atoms with E-state index in [9.17, 15) is 9.18 Å². The van der Waals surface area contributed by atoms with Crippen molar-refractivity contribution in [2.45, 2.75) is 38.3 Å². The van der Waals surface area contributed by atoms with Gasteiger partial charge in [0.2, 0.25) is 0 Å². The molecule has 0 atom stereocenters. The fourth-order valence-corrected chi connectivity index (χ4v) is 2.47. The first kappa shape index (κ1) is 13.8. The van der Waals surface area contributed by atoms with Crippen LogP contribution in [-0.2, 0) is 11.3 Å². The highest BCUT2D eigenvalue weighted by atomic mass is 19.1.